The molecule has 1 saturated heterocycles. The van der Waals surface area contributed by atoms with Crippen molar-refractivity contribution >= 4 is 23.1 Å². The molecular weight excluding hydrogens is 407 g/mol. The molecule has 0 aliphatic carbocycles. The first-order valence-corrected chi connectivity index (χ1v) is 10.0. The van der Waals surface area contributed by atoms with Gasteiger partial charge in [0.25, 0.3) is 0 Å². The van der Waals surface area contributed by atoms with E-state index in [2.05, 4.69) is 10.6 Å². The monoisotopic (exact) mass is 431 g/mol. The fourth-order valence-electron chi connectivity index (χ4n) is 3.48. The lowest BCUT2D eigenvalue weighted by Crippen LogP contribution is -2.46. The number of alkyl halides is 3. The van der Waals surface area contributed by atoms with Crippen LogP contribution in [0.2, 0.25) is 0 Å². The van der Waals surface area contributed by atoms with Crippen molar-refractivity contribution in [2.45, 2.75) is 25.1 Å². The largest absolute Gasteiger partial charge is 0.417 e. The zero-order chi connectivity index (χ0) is 22.3. The van der Waals surface area contributed by atoms with Crippen molar-refractivity contribution in [1.29, 1.82) is 0 Å². The van der Waals surface area contributed by atoms with Crippen molar-refractivity contribution < 1.29 is 22.8 Å². The second-order valence-corrected chi connectivity index (χ2v) is 7.40. The molecule has 164 valence electrons. The lowest BCUT2D eigenvalue weighted by molar-refractivity contribution is -0.119. The van der Waals surface area contributed by atoms with Crippen LogP contribution in [-0.2, 0) is 9.59 Å². The number of hydrogen-bond acceptors (Lipinski definition) is 3. The van der Waals surface area contributed by atoms with Gasteiger partial charge in [-0.2, -0.15) is 13.2 Å². The van der Waals surface area contributed by atoms with E-state index in [1.54, 1.807) is 18.2 Å². The van der Waals surface area contributed by atoms with Crippen LogP contribution in [0, 0.1) is 0 Å². The topological polar surface area (TPSA) is 61.4 Å². The zero-order valence-electron chi connectivity index (χ0n) is 16.9. The Bertz CT molecular complexity index is 907. The smallest absolute Gasteiger partial charge is 0.350 e. The molecule has 2 N–H and O–H groups in total. The van der Waals surface area contributed by atoms with Gasteiger partial charge in [0.2, 0.25) is 11.8 Å². The first-order valence-electron chi connectivity index (χ1n) is 10.0. The molecule has 31 heavy (non-hydrogen) atoms. The van der Waals surface area contributed by atoms with Gasteiger partial charge in [0.05, 0.1) is 12.1 Å². The number of benzene rings is 2. The number of nitrogens with one attached hydrogen (secondary N) is 2. The number of rotatable bonds is 6. The van der Waals surface area contributed by atoms with Crippen molar-refractivity contribution in [3.8, 4) is 0 Å². The van der Waals surface area contributed by atoms with Gasteiger partial charge in [0.1, 0.15) is 0 Å². The maximum atomic E-state index is 13.4. The molecule has 0 aromatic heterocycles. The quantitative estimate of drug-likeness (QED) is 0.683. The van der Waals surface area contributed by atoms with E-state index in [9.17, 15) is 22.8 Å². The summed E-state index contributed by atoms with van der Waals surface area (Å²) in [5.74, 6) is -0.897. The highest BCUT2D eigenvalue weighted by Crippen LogP contribution is 2.33. The van der Waals surface area contributed by atoms with Crippen LogP contribution in [0.25, 0.3) is 5.57 Å². The second-order valence-electron chi connectivity index (χ2n) is 7.40. The van der Waals surface area contributed by atoms with Crippen LogP contribution in [0.4, 0.5) is 18.9 Å². The Morgan fingerprint density at radius 2 is 1.55 bits per heavy atom. The average Bonchev–Trinajstić information content (AvgIpc) is 2.74. The molecule has 1 aliphatic heterocycles. The summed E-state index contributed by atoms with van der Waals surface area (Å²) in [7, 11) is 0. The predicted octanol–water partition coefficient (Wildman–Crippen LogP) is 3.85. The van der Waals surface area contributed by atoms with Crippen molar-refractivity contribution in [2.75, 3.05) is 25.0 Å². The lowest BCUT2D eigenvalue weighted by atomic mass is 10.0. The maximum absolute atomic E-state index is 13.4. The number of nitrogens with zero attached hydrogens (tertiary/aromatic N) is 1. The van der Waals surface area contributed by atoms with Crippen LogP contribution >= 0.6 is 0 Å². The minimum atomic E-state index is -4.63. The summed E-state index contributed by atoms with van der Waals surface area (Å²) in [5, 5.41) is 5.48. The van der Waals surface area contributed by atoms with Crippen molar-refractivity contribution in [3.63, 3.8) is 0 Å². The average molecular weight is 431 g/mol. The van der Waals surface area contributed by atoms with E-state index in [1.807, 2.05) is 23.1 Å². The van der Waals surface area contributed by atoms with Crippen LogP contribution < -0.4 is 10.6 Å². The molecule has 0 radical (unpaired) electrons. The van der Waals surface area contributed by atoms with Gasteiger partial charge >= 0.3 is 6.18 Å². The molecule has 1 aliphatic rings. The maximum Gasteiger partial charge on any atom is 0.417 e. The Labute approximate surface area is 178 Å². The summed E-state index contributed by atoms with van der Waals surface area (Å²) in [6, 6.07) is 16.2. The van der Waals surface area contributed by atoms with Gasteiger partial charge < -0.3 is 10.6 Å². The molecule has 0 atom stereocenters. The summed E-state index contributed by atoms with van der Waals surface area (Å²) < 4.78 is 40.1. The number of allylic oxidation sites excluding steroid dienone is 1. The van der Waals surface area contributed by atoms with Crippen LogP contribution in [-0.4, -0.2) is 48.6 Å². The van der Waals surface area contributed by atoms with Crippen LogP contribution in [0.3, 0.4) is 0 Å². The Hall–Kier alpha value is -3.13. The molecule has 0 saturated carbocycles. The Balaban J connectivity index is 1.50. The van der Waals surface area contributed by atoms with Gasteiger partial charge in [0, 0.05) is 30.9 Å². The highest BCUT2D eigenvalue weighted by Gasteiger charge is 2.35. The lowest BCUT2D eigenvalue weighted by Gasteiger charge is -2.31. The SMILES string of the molecule is O=C(/C=C(/c1ccccc1)C(F)(F)F)NC1CCN(CC(=O)Nc2ccccc2)CC1. The first-order chi connectivity index (χ1) is 14.8. The number of carbonyl (C=O) groups is 2. The zero-order valence-corrected chi connectivity index (χ0v) is 16.9. The van der Waals surface area contributed by atoms with Gasteiger partial charge in [-0.25, -0.2) is 0 Å². The van der Waals surface area contributed by atoms with Gasteiger partial charge in [-0.1, -0.05) is 48.5 Å². The van der Waals surface area contributed by atoms with Gasteiger partial charge in [-0.15, -0.1) is 0 Å². The molecular formula is C23H24F3N3O2. The number of para-hydroxylation sites is 1. The molecule has 3 rings (SSSR count). The Morgan fingerprint density at radius 3 is 2.13 bits per heavy atom. The molecule has 0 spiro atoms. The summed E-state index contributed by atoms with van der Waals surface area (Å²) in [4.78, 5) is 26.4. The van der Waals surface area contributed by atoms with Crippen molar-refractivity contribution in [3.05, 3.63) is 72.3 Å². The molecule has 0 bridgehead atoms. The molecule has 2 aromatic rings. The van der Waals surface area contributed by atoms with Gasteiger partial charge in [-0.3, -0.25) is 14.5 Å². The third-order valence-corrected chi connectivity index (χ3v) is 5.02. The fraction of sp³-hybridized carbons (Fsp3) is 0.304. The summed E-state index contributed by atoms with van der Waals surface area (Å²) in [6.45, 7) is 1.37. The van der Waals surface area contributed by atoms with E-state index in [0.717, 1.165) is 5.69 Å². The Kier molecular flexibility index (Phi) is 7.46. The number of carbonyl (C=O) groups excluding carboxylic acids is 2. The van der Waals surface area contributed by atoms with Gasteiger partial charge in [-0.05, 0) is 30.5 Å². The number of hydrogen-bond donors (Lipinski definition) is 2. The van der Waals surface area contributed by atoms with Crippen molar-refractivity contribution in [2.24, 2.45) is 0 Å². The predicted molar refractivity (Wildman–Crippen MR) is 113 cm³/mol. The third-order valence-electron chi connectivity index (χ3n) is 5.02. The highest BCUT2D eigenvalue weighted by atomic mass is 19.4. The van der Waals surface area contributed by atoms with E-state index in [1.165, 1.54) is 24.3 Å². The van der Waals surface area contributed by atoms with E-state index in [4.69, 9.17) is 0 Å². The molecule has 8 heteroatoms. The minimum absolute atomic E-state index is 0.0515. The summed E-state index contributed by atoms with van der Waals surface area (Å²) in [6.07, 6.45) is -2.89. The van der Waals surface area contributed by atoms with Crippen LogP contribution in [0.15, 0.2) is 66.7 Å². The van der Waals surface area contributed by atoms with Gasteiger partial charge in [0.15, 0.2) is 0 Å². The number of piperidine rings is 1. The third kappa shape index (κ3) is 6.96. The second kappa shape index (κ2) is 10.3. The Morgan fingerprint density at radius 1 is 0.968 bits per heavy atom. The number of likely N-dealkylation sites (tertiary alicyclic amines) is 1. The van der Waals surface area contributed by atoms with E-state index in [0.29, 0.717) is 32.0 Å². The minimum Gasteiger partial charge on any atom is -0.350 e. The van der Waals surface area contributed by atoms with E-state index >= 15 is 0 Å². The molecule has 2 aromatic carbocycles. The van der Waals surface area contributed by atoms with E-state index in [-0.39, 0.29) is 24.1 Å². The fourth-order valence-corrected chi connectivity index (χ4v) is 3.48. The normalized spacial score (nSPS) is 16.0. The number of anilines is 1. The molecule has 1 heterocycles. The van der Waals surface area contributed by atoms with Crippen LogP contribution in [0.5, 0.6) is 0 Å². The van der Waals surface area contributed by atoms with E-state index < -0.39 is 17.7 Å². The molecule has 2 amide bonds. The number of amides is 2. The summed E-state index contributed by atoms with van der Waals surface area (Å²) in [5.41, 5.74) is -0.301. The first kappa shape index (κ1) is 22.6. The van der Waals surface area contributed by atoms with Crippen molar-refractivity contribution in [1.82, 2.24) is 10.2 Å². The van der Waals surface area contributed by atoms with Crippen LogP contribution in [0.1, 0.15) is 18.4 Å². The molecule has 1 fully saturated rings. The molecule has 0 unspecified atom stereocenters. The summed E-state index contributed by atoms with van der Waals surface area (Å²) >= 11 is 0. The number of halogens is 3. The standard InChI is InChI=1S/C23H24F3N3O2/c24-23(25,26)20(17-7-3-1-4-8-17)15-21(30)27-19-11-13-29(14-12-19)16-22(31)28-18-9-5-2-6-10-18/h1-10,15,19H,11-14,16H2,(H,27,30)(H,28,31)/b20-15-. The molecule has 5 nitrogen and oxygen atoms in total. The highest BCUT2D eigenvalue weighted by molar-refractivity contribution is 5.96.